The molecule has 2 N–H and O–H groups in total. The maximum atomic E-state index is 12.1. The number of nitriles is 1. The molecule has 7 nitrogen and oxygen atoms in total. The number of benzene rings is 1. The number of fused-ring (bicyclic) bond motifs is 1. The molecule has 0 saturated carbocycles. The third-order valence-electron chi connectivity index (χ3n) is 3.88. The summed E-state index contributed by atoms with van der Waals surface area (Å²) < 4.78 is 16.6. The van der Waals surface area contributed by atoms with E-state index in [2.05, 4.69) is 10.6 Å². The van der Waals surface area contributed by atoms with Crippen LogP contribution in [0.4, 0.5) is 10.5 Å². The number of rotatable bonds is 3. The number of urea groups is 1. The second-order valence-electron chi connectivity index (χ2n) is 5.27. The molecule has 2 aliphatic heterocycles. The lowest BCUT2D eigenvalue weighted by atomic mass is 10.1. The molecule has 116 valence electrons. The topological polar surface area (TPSA) is 92.6 Å². The number of methoxy groups -OCH3 is 1. The Hall–Kier alpha value is -2.14. The fraction of sp³-hybridized carbons (Fsp3) is 0.467. The number of hydrogen-bond acceptors (Lipinski definition) is 5. The van der Waals surface area contributed by atoms with Crippen molar-refractivity contribution in [3.8, 4) is 6.07 Å². The molecule has 2 saturated heterocycles. The molecule has 3 rings (SSSR count). The van der Waals surface area contributed by atoms with Crippen molar-refractivity contribution < 1.29 is 19.0 Å². The van der Waals surface area contributed by atoms with E-state index in [0.717, 1.165) is 0 Å². The quantitative estimate of drug-likeness (QED) is 0.864. The number of amides is 2. The molecular formula is C15H17N3O4. The van der Waals surface area contributed by atoms with Crippen molar-refractivity contribution in [3.63, 3.8) is 0 Å². The van der Waals surface area contributed by atoms with Crippen molar-refractivity contribution in [3.05, 3.63) is 29.8 Å². The summed E-state index contributed by atoms with van der Waals surface area (Å²) in [5, 5.41) is 14.4. The van der Waals surface area contributed by atoms with E-state index in [9.17, 15) is 4.79 Å². The van der Waals surface area contributed by atoms with Gasteiger partial charge in [0.25, 0.3) is 0 Å². The Morgan fingerprint density at radius 3 is 2.95 bits per heavy atom. The Morgan fingerprint density at radius 2 is 2.18 bits per heavy atom. The largest absolute Gasteiger partial charge is 0.376 e. The molecule has 0 aromatic heterocycles. The zero-order chi connectivity index (χ0) is 15.5. The van der Waals surface area contributed by atoms with Gasteiger partial charge in [-0.05, 0) is 18.2 Å². The lowest BCUT2D eigenvalue weighted by molar-refractivity contribution is -0.00805. The van der Waals surface area contributed by atoms with Gasteiger partial charge in [-0.3, -0.25) is 0 Å². The van der Waals surface area contributed by atoms with E-state index in [4.69, 9.17) is 19.5 Å². The summed E-state index contributed by atoms with van der Waals surface area (Å²) in [6.07, 6.45) is -0.425. The molecule has 1 aromatic carbocycles. The molecule has 1 aromatic rings. The molecule has 0 spiro atoms. The smallest absolute Gasteiger partial charge is 0.319 e. The highest BCUT2D eigenvalue weighted by Gasteiger charge is 2.48. The lowest BCUT2D eigenvalue weighted by Crippen LogP contribution is -2.46. The molecule has 0 bridgehead atoms. The Bertz CT molecular complexity index is 601. The van der Waals surface area contributed by atoms with Crippen molar-refractivity contribution in [2.24, 2.45) is 0 Å². The molecule has 2 amide bonds. The highest BCUT2D eigenvalue weighted by atomic mass is 16.6. The molecule has 7 heteroatoms. The number of hydrogen-bond donors (Lipinski definition) is 2. The SMILES string of the molecule is CO[C@@H]1CO[C@H]2[C@@H]1OC[C@@H]2NC(=O)Nc1cccc(C#N)c1. The zero-order valence-corrected chi connectivity index (χ0v) is 12.1. The zero-order valence-electron chi connectivity index (χ0n) is 12.1. The van der Waals surface area contributed by atoms with Crippen molar-refractivity contribution in [2.45, 2.75) is 24.4 Å². The summed E-state index contributed by atoms with van der Waals surface area (Å²) in [6.45, 7) is 0.858. The average Bonchev–Trinajstić information content (AvgIpc) is 3.10. The van der Waals surface area contributed by atoms with Crippen LogP contribution in [0, 0.1) is 11.3 Å². The number of ether oxygens (including phenoxy) is 3. The van der Waals surface area contributed by atoms with Gasteiger partial charge in [0.1, 0.15) is 18.3 Å². The van der Waals surface area contributed by atoms with Gasteiger partial charge in [-0.15, -0.1) is 0 Å². The summed E-state index contributed by atoms with van der Waals surface area (Å²) in [7, 11) is 1.62. The van der Waals surface area contributed by atoms with Gasteiger partial charge in [0, 0.05) is 12.8 Å². The van der Waals surface area contributed by atoms with Gasteiger partial charge in [0.15, 0.2) is 0 Å². The third-order valence-corrected chi connectivity index (χ3v) is 3.88. The highest BCUT2D eigenvalue weighted by molar-refractivity contribution is 5.89. The number of carbonyl (C=O) groups excluding carboxylic acids is 1. The molecular weight excluding hydrogens is 286 g/mol. The summed E-state index contributed by atoms with van der Waals surface area (Å²) in [5.41, 5.74) is 1.05. The normalized spacial score (nSPS) is 29.6. The molecule has 0 aliphatic carbocycles. The van der Waals surface area contributed by atoms with Crippen molar-refractivity contribution in [1.29, 1.82) is 5.26 Å². The van der Waals surface area contributed by atoms with Crippen LogP contribution in [0.3, 0.4) is 0 Å². The van der Waals surface area contributed by atoms with Gasteiger partial charge in [0.2, 0.25) is 0 Å². The van der Waals surface area contributed by atoms with Crippen LogP contribution >= 0.6 is 0 Å². The minimum atomic E-state index is -0.353. The predicted molar refractivity (Wildman–Crippen MR) is 77.4 cm³/mol. The standard InChI is InChI=1S/C15H17N3O4/c1-20-12-8-22-13-11(7-21-14(12)13)18-15(19)17-10-4-2-3-9(5-10)6-16/h2-5,11-14H,7-8H2,1H3,(H2,17,18,19)/t11-,12+,13+,14+/m0/s1. The predicted octanol–water partition coefficient (Wildman–Crippen LogP) is 0.861. The number of nitrogens with one attached hydrogen (secondary N) is 2. The van der Waals surface area contributed by atoms with Crippen molar-refractivity contribution >= 4 is 11.7 Å². The molecule has 22 heavy (non-hydrogen) atoms. The van der Waals surface area contributed by atoms with E-state index in [0.29, 0.717) is 24.5 Å². The fourth-order valence-electron chi connectivity index (χ4n) is 2.79. The summed E-state index contributed by atoms with van der Waals surface area (Å²) >= 11 is 0. The van der Waals surface area contributed by atoms with Gasteiger partial charge in [-0.25, -0.2) is 4.79 Å². The molecule has 0 radical (unpaired) electrons. The first kappa shape index (κ1) is 14.8. The van der Waals surface area contributed by atoms with Crippen LogP contribution < -0.4 is 10.6 Å². The van der Waals surface area contributed by atoms with Gasteiger partial charge in [0.05, 0.1) is 30.9 Å². The van der Waals surface area contributed by atoms with Crippen LogP contribution in [0.5, 0.6) is 0 Å². The van der Waals surface area contributed by atoms with Crippen molar-refractivity contribution in [1.82, 2.24) is 5.32 Å². The molecule has 0 unspecified atom stereocenters. The van der Waals surface area contributed by atoms with E-state index in [1.165, 1.54) is 0 Å². The Balaban J connectivity index is 1.57. The Labute approximate surface area is 128 Å². The van der Waals surface area contributed by atoms with E-state index < -0.39 is 0 Å². The monoisotopic (exact) mass is 303 g/mol. The summed E-state index contributed by atoms with van der Waals surface area (Å²) in [4.78, 5) is 12.1. The summed E-state index contributed by atoms with van der Waals surface area (Å²) in [6, 6.07) is 8.18. The second-order valence-corrected chi connectivity index (χ2v) is 5.27. The van der Waals surface area contributed by atoms with E-state index in [1.807, 2.05) is 6.07 Å². The maximum absolute atomic E-state index is 12.1. The minimum Gasteiger partial charge on any atom is -0.376 e. The van der Waals surface area contributed by atoms with E-state index >= 15 is 0 Å². The number of carbonyl (C=O) groups is 1. The second kappa shape index (κ2) is 6.32. The first-order valence-electron chi connectivity index (χ1n) is 7.05. The van der Waals surface area contributed by atoms with E-state index in [-0.39, 0.29) is 30.4 Å². The number of nitrogens with zero attached hydrogens (tertiary/aromatic N) is 1. The van der Waals surface area contributed by atoms with Crippen LogP contribution in [-0.2, 0) is 14.2 Å². The van der Waals surface area contributed by atoms with Crippen LogP contribution in [0.2, 0.25) is 0 Å². The lowest BCUT2D eigenvalue weighted by Gasteiger charge is -2.18. The maximum Gasteiger partial charge on any atom is 0.319 e. The van der Waals surface area contributed by atoms with Crippen molar-refractivity contribution in [2.75, 3.05) is 25.6 Å². The van der Waals surface area contributed by atoms with Crippen LogP contribution in [0.25, 0.3) is 0 Å². The van der Waals surface area contributed by atoms with Gasteiger partial charge >= 0.3 is 6.03 Å². The van der Waals surface area contributed by atoms with Gasteiger partial charge < -0.3 is 24.8 Å². The van der Waals surface area contributed by atoms with Gasteiger partial charge in [-0.2, -0.15) is 5.26 Å². The number of anilines is 1. The van der Waals surface area contributed by atoms with Crippen LogP contribution in [-0.4, -0.2) is 50.7 Å². The highest BCUT2D eigenvalue weighted by Crippen LogP contribution is 2.28. The molecule has 4 atom stereocenters. The first-order valence-corrected chi connectivity index (χ1v) is 7.05. The fourth-order valence-corrected chi connectivity index (χ4v) is 2.79. The van der Waals surface area contributed by atoms with Crippen LogP contribution in [0.15, 0.2) is 24.3 Å². The van der Waals surface area contributed by atoms with Crippen LogP contribution in [0.1, 0.15) is 5.56 Å². The third kappa shape index (κ3) is 2.90. The van der Waals surface area contributed by atoms with Gasteiger partial charge in [-0.1, -0.05) is 6.07 Å². The molecule has 2 heterocycles. The Morgan fingerprint density at radius 1 is 1.36 bits per heavy atom. The first-order chi connectivity index (χ1) is 10.7. The molecule has 2 fully saturated rings. The molecule has 2 aliphatic rings. The average molecular weight is 303 g/mol. The Kier molecular flexibility index (Phi) is 4.24. The van der Waals surface area contributed by atoms with E-state index in [1.54, 1.807) is 31.4 Å². The minimum absolute atomic E-state index is 0.0906. The summed E-state index contributed by atoms with van der Waals surface area (Å²) in [5.74, 6) is 0.